The third-order valence-electron chi connectivity index (χ3n) is 8.15. The number of hydrogen-bond acceptors (Lipinski definition) is 7. The Morgan fingerprint density at radius 2 is 1.86 bits per heavy atom. The summed E-state index contributed by atoms with van der Waals surface area (Å²) in [5, 5.41) is 1.58. The van der Waals surface area contributed by atoms with E-state index in [-0.39, 0.29) is 16.2 Å². The van der Waals surface area contributed by atoms with E-state index in [1.807, 2.05) is 63.4 Å². The van der Waals surface area contributed by atoms with Gasteiger partial charge in [0.2, 0.25) is 5.88 Å². The van der Waals surface area contributed by atoms with Crippen molar-refractivity contribution in [1.29, 1.82) is 0 Å². The fraction of sp³-hybridized carbons (Fsp3) is 0.484. The van der Waals surface area contributed by atoms with Gasteiger partial charge in [0.15, 0.2) is 10.8 Å². The van der Waals surface area contributed by atoms with Gasteiger partial charge in [-0.1, -0.05) is 59.6 Å². The van der Waals surface area contributed by atoms with E-state index in [9.17, 15) is 4.21 Å². The Labute approximate surface area is 265 Å². The average molecular weight is 650 g/mol. The zero-order valence-corrected chi connectivity index (χ0v) is 27.6. The van der Waals surface area contributed by atoms with Gasteiger partial charge in [0.25, 0.3) is 0 Å². The van der Waals surface area contributed by atoms with Crippen molar-refractivity contribution >= 4 is 51.8 Å². The summed E-state index contributed by atoms with van der Waals surface area (Å²) in [6.45, 7) is 8.13. The summed E-state index contributed by atoms with van der Waals surface area (Å²) in [7, 11) is 0.573. The molecule has 1 aromatic heterocycles. The van der Waals surface area contributed by atoms with E-state index >= 15 is 0 Å². The van der Waals surface area contributed by atoms with Gasteiger partial charge < -0.3 is 14.4 Å². The molecule has 0 bridgehead atoms. The van der Waals surface area contributed by atoms with E-state index < -0.39 is 11.0 Å². The Hall–Kier alpha value is -2.04. The van der Waals surface area contributed by atoms with Crippen LogP contribution in [0.1, 0.15) is 58.4 Å². The smallest absolute Gasteiger partial charge is 0.249 e. The standard InChI is InChI=1S/C31H38Cl2N4O3S2/c1-30(2,3)42(38)36-25-9-6-14-31(25)15-17-37(18-16-31)26-19-34-29(41-24-8-5-7-23(32)27(24)33)28(35-26)40-20-21-10-12-22(39-4)13-11-21/h5,7-8,10-13,19,25,36H,6,9,14-18,20H2,1-4H3/t25-,42?/m1/s1. The molecule has 42 heavy (non-hydrogen) atoms. The number of piperidine rings is 1. The monoisotopic (exact) mass is 648 g/mol. The van der Waals surface area contributed by atoms with E-state index in [1.165, 1.54) is 18.2 Å². The summed E-state index contributed by atoms with van der Waals surface area (Å²) in [5.41, 5.74) is 1.16. The third-order valence-corrected chi connectivity index (χ3v) is 11.7. The molecule has 2 aliphatic rings. The van der Waals surface area contributed by atoms with Crippen molar-refractivity contribution in [3.8, 4) is 11.6 Å². The van der Waals surface area contributed by atoms with Crippen LogP contribution in [0.2, 0.25) is 10.0 Å². The van der Waals surface area contributed by atoms with Crippen LogP contribution in [0.15, 0.2) is 58.6 Å². The molecule has 1 N–H and O–H groups in total. The van der Waals surface area contributed by atoms with E-state index in [0.717, 1.165) is 60.8 Å². The lowest BCUT2D eigenvalue weighted by Gasteiger charge is -2.44. The van der Waals surface area contributed by atoms with Crippen LogP contribution in [0.4, 0.5) is 5.82 Å². The Morgan fingerprint density at radius 3 is 2.55 bits per heavy atom. The van der Waals surface area contributed by atoms with Crippen LogP contribution in [0.3, 0.4) is 0 Å². The van der Waals surface area contributed by atoms with Gasteiger partial charge in [-0.15, -0.1) is 0 Å². The molecule has 226 valence electrons. The van der Waals surface area contributed by atoms with Crippen molar-refractivity contribution in [3.63, 3.8) is 0 Å². The first-order chi connectivity index (χ1) is 20.1. The molecule has 1 aliphatic carbocycles. The highest BCUT2D eigenvalue weighted by Crippen LogP contribution is 2.47. The number of rotatable bonds is 9. The van der Waals surface area contributed by atoms with Gasteiger partial charge in [-0.3, -0.25) is 0 Å². The predicted octanol–water partition coefficient (Wildman–Crippen LogP) is 7.71. The second kappa shape index (κ2) is 13.3. The number of methoxy groups -OCH3 is 1. The summed E-state index contributed by atoms with van der Waals surface area (Å²) in [6, 6.07) is 13.6. The minimum absolute atomic E-state index is 0.164. The summed E-state index contributed by atoms with van der Waals surface area (Å²) in [5.74, 6) is 2.03. The van der Waals surface area contributed by atoms with Gasteiger partial charge in [0.05, 0.1) is 39.1 Å². The normalized spacial score (nSPS) is 19.2. The highest BCUT2D eigenvalue weighted by molar-refractivity contribution is 7.99. The summed E-state index contributed by atoms with van der Waals surface area (Å²) < 4.78 is 27.7. The topological polar surface area (TPSA) is 76.6 Å². The van der Waals surface area contributed by atoms with Gasteiger partial charge in [0.1, 0.15) is 12.4 Å². The van der Waals surface area contributed by atoms with Gasteiger partial charge in [0, 0.05) is 24.0 Å². The molecule has 5 rings (SSSR count). The minimum atomic E-state index is -1.08. The van der Waals surface area contributed by atoms with Gasteiger partial charge in [-0.25, -0.2) is 13.9 Å². The lowest BCUT2D eigenvalue weighted by Crippen LogP contribution is -2.51. The molecule has 2 fully saturated rings. The molecule has 2 atom stereocenters. The lowest BCUT2D eigenvalue weighted by molar-refractivity contribution is 0.187. The number of anilines is 1. The number of benzene rings is 2. The van der Waals surface area contributed by atoms with Crippen LogP contribution in [0.25, 0.3) is 0 Å². The largest absolute Gasteiger partial charge is 0.497 e. The molecule has 7 nitrogen and oxygen atoms in total. The molecule has 3 aromatic rings. The van der Waals surface area contributed by atoms with Crippen LogP contribution in [-0.4, -0.2) is 45.2 Å². The Kier molecular flexibility index (Phi) is 9.94. The van der Waals surface area contributed by atoms with E-state index in [4.69, 9.17) is 42.6 Å². The number of halogens is 2. The number of nitrogens with zero attached hydrogens (tertiary/aromatic N) is 3. The molecule has 1 saturated heterocycles. The molecule has 2 aromatic carbocycles. The van der Waals surface area contributed by atoms with E-state index in [1.54, 1.807) is 13.2 Å². The first-order valence-electron chi connectivity index (χ1n) is 14.3. The van der Waals surface area contributed by atoms with Crippen molar-refractivity contribution < 1.29 is 13.7 Å². The molecule has 0 radical (unpaired) electrons. The summed E-state index contributed by atoms with van der Waals surface area (Å²) in [4.78, 5) is 12.8. The minimum Gasteiger partial charge on any atom is -0.497 e. The zero-order chi connectivity index (χ0) is 29.9. The highest BCUT2D eigenvalue weighted by atomic mass is 35.5. The second-order valence-electron chi connectivity index (χ2n) is 11.9. The van der Waals surface area contributed by atoms with Crippen LogP contribution >= 0.6 is 35.0 Å². The van der Waals surface area contributed by atoms with Crippen molar-refractivity contribution in [3.05, 3.63) is 64.3 Å². The van der Waals surface area contributed by atoms with Gasteiger partial charge in [-0.2, -0.15) is 4.98 Å². The van der Waals surface area contributed by atoms with Crippen molar-refractivity contribution in [1.82, 2.24) is 14.7 Å². The summed E-state index contributed by atoms with van der Waals surface area (Å²) in [6.07, 6.45) is 7.26. The van der Waals surface area contributed by atoms with Crippen molar-refractivity contribution in [2.45, 2.75) is 80.2 Å². The third kappa shape index (κ3) is 7.18. The number of hydrogen-bond donors (Lipinski definition) is 1. The molecule has 1 saturated carbocycles. The van der Waals surface area contributed by atoms with Crippen LogP contribution < -0.4 is 19.1 Å². The molecule has 0 amide bonds. The number of aromatic nitrogens is 2. The number of nitrogens with one attached hydrogen (secondary N) is 1. The first kappa shape index (κ1) is 31.4. The zero-order valence-electron chi connectivity index (χ0n) is 24.5. The fourth-order valence-electron chi connectivity index (χ4n) is 5.62. The molecule has 1 aliphatic heterocycles. The molecular formula is C31H38Cl2N4O3S2. The SMILES string of the molecule is COc1ccc(COc2nc(N3CCC4(CCC[C@H]4NS(=O)C(C)(C)C)CC3)cnc2Sc2cccc(Cl)c2Cl)cc1. The van der Waals surface area contributed by atoms with Crippen LogP contribution in [0, 0.1) is 5.41 Å². The fourth-order valence-corrected chi connectivity index (χ4v) is 7.92. The quantitative estimate of drug-likeness (QED) is 0.255. The van der Waals surface area contributed by atoms with E-state index in [0.29, 0.717) is 27.6 Å². The van der Waals surface area contributed by atoms with Crippen molar-refractivity contribution in [2.75, 3.05) is 25.1 Å². The van der Waals surface area contributed by atoms with Crippen LogP contribution in [0.5, 0.6) is 11.6 Å². The first-order valence-corrected chi connectivity index (χ1v) is 17.0. The Balaban J connectivity index is 1.34. The molecular weight excluding hydrogens is 611 g/mol. The lowest BCUT2D eigenvalue weighted by atomic mass is 9.74. The highest BCUT2D eigenvalue weighted by Gasteiger charge is 2.46. The maximum Gasteiger partial charge on any atom is 0.249 e. The van der Waals surface area contributed by atoms with Gasteiger partial charge in [-0.05, 0) is 81.7 Å². The van der Waals surface area contributed by atoms with Crippen LogP contribution in [-0.2, 0) is 17.6 Å². The molecule has 1 unspecified atom stereocenters. The predicted molar refractivity (Wildman–Crippen MR) is 172 cm³/mol. The molecule has 1 spiro atoms. The van der Waals surface area contributed by atoms with Gasteiger partial charge >= 0.3 is 0 Å². The van der Waals surface area contributed by atoms with Crippen molar-refractivity contribution in [2.24, 2.45) is 5.41 Å². The summed E-state index contributed by atoms with van der Waals surface area (Å²) >= 11 is 14.1. The second-order valence-corrected chi connectivity index (χ2v) is 15.7. The van der Waals surface area contributed by atoms with E-state index in [2.05, 4.69) is 9.62 Å². The average Bonchev–Trinajstić information content (AvgIpc) is 3.36. The maximum atomic E-state index is 12.9. The maximum absolute atomic E-state index is 12.9. The molecule has 11 heteroatoms. The Morgan fingerprint density at radius 1 is 1.12 bits per heavy atom. The number of ether oxygens (including phenoxy) is 2. The Bertz CT molecular complexity index is 1410. The molecule has 2 heterocycles.